The summed E-state index contributed by atoms with van der Waals surface area (Å²) in [5.41, 5.74) is 1.89. The number of nitrogens with one attached hydrogen (secondary N) is 1. The smallest absolute Gasteiger partial charge is 0.295 e. The van der Waals surface area contributed by atoms with Crippen LogP contribution in [0.5, 0.6) is 5.75 Å². The van der Waals surface area contributed by atoms with Crippen LogP contribution in [-0.2, 0) is 0 Å². The van der Waals surface area contributed by atoms with Crippen LogP contribution in [0.4, 0.5) is 11.6 Å². The summed E-state index contributed by atoms with van der Waals surface area (Å²) in [6.45, 7) is 0. The number of nitrogens with zero attached hydrogens (tertiary/aromatic N) is 6. The molecule has 0 unspecified atom stereocenters. The van der Waals surface area contributed by atoms with Gasteiger partial charge < -0.3 is 10.1 Å². The Hall–Kier alpha value is -4.40. The second-order valence-electron chi connectivity index (χ2n) is 6.40. The van der Waals surface area contributed by atoms with Crippen molar-refractivity contribution in [2.24, 2.45) is 0 Å². The number of rotatable bonds is 4. The third kappa shape index (κ3) is 3.08. The summed E-state index contributed by atoms with van der Waals surface area (Å²) >= 11 is 0. The zero-order valence-electron chi connectivity index (χ0n) is 15.9. The van der Waals surface area contributed by atoms with Crippen LogP contribution in [-0.4, -0.2) is 36.7 Å². The first-order chi connectivity index (χ1) is 14.7. The lowest BCUT2D eigenvalue weighted by Gasteiger charge is -2.07. The van der Waals surface area contributed by atoms with Gasteiger partial charge in [0.25, 0.3) is 5.56 Å². The molecule has 0 radical (unpaired) electrons. The van der Waals surface area contributed by atoms with Gasteiger partial charge in [-0.3, -0.25) is 9.78 Å². The second-order valence-corrected chi connectivity index (χ2v) is 6.40. The third-order valence-electron chi connectivity index (χ3n) is 4.55. The molecule has 0 aliphatic rings. The highest BCUT2D eigenvalue weighted by Gasteiger charge is 2.15. The van der Waals surface area contributed by atoms with Gasteiger partial charge in [-0.05, 0) is 36.4 Å². The Morgan fingerprint density at radius 1 is 1.00 bits per heavy atom. The first-order valence-corrected chi connectivity index (χ1v) is 9.10. The number of benzene rings is 2. The van der Waals surface area contributed by atoms with Crippen LogP contribution in [0.25, 0.3) is 27.9 Å². The predicted molar refractivity (Wildman–Crippen MR) is 112 cm³/mol. The largest absolute Gasteiger partial charge is 0.497 e. The Morgan fingerprint density at radius 2 is 1.83 bits per heavy atom. The molecule has 1 N–H and O–H groups in total. The van der Waals surface area contributed by atoms with Crippen molar-refractivity contribution in [1.29, 1.82) is 0 Å². The SMILES string of the molecule is COc1ccc(-c2nc3c4ccccc4nc(Nc4cnccnc4=O)n3n2)cc1. The fraction of sp³-hybridized carbons (Fsp3) is 0.0476. The van der Waals surface area contributed by atoms with Crippen molar-refractivity contribution in [3.05, 3.63) is 77.5 Å². The third-order valence-corrected chi connectivity index (χ3v) is 4.55. The highest BCUT2D eigenvalue weighted by atomic mass is 16.5. The number of ether oxygens (including phenoxy) is 1. The Balaban J connectivity index is 1.72. The van der Waals surface area contributed by atoms with Gasteiger partial charge in [-0.15, -0.1) is 5.10 Å². The van der Waals surface area contributed by atoms with E-state index in [0.29, 0.717) is 17.4 Å². The quantitative estimate of drug-likeness (QED) is 0.493. The molecule has 3 heterocycles. The average Bonchev–Trinajstić information content (AvgIpc) is 3.14. The maximum Gasteiger partial charge on any atom is 0.295 e. The molecule has 0 fully saturated rings. The van der Waals surface area contributed by atoms with E-state index in [1.807, 2.05) is 48.5 Å². The molecule has 2 aromatic carbocycles. The van der Waals surface area contributed by atoms with Crippen LogP contribution < -0.4 is 15.6 Å². The first kappa shape index (κ1) is 17.7. The predicted octanol–water partition coefficient (Wildman–Crippen LogP) is 2.85. The zero-order chi connectivity index (χ0) is 20.5. The molecule has 146 valence electrons. The fourth-order valence-electron chi connectivity index (χ4n) is 3.09. The number of methoxy groups -OCH3 is 1. The summed E-state index contributed by atoms with van der Waals surface area (Å²) < 4.78 is 6.80. The van der Waals surface area contributed by atoms with Crippen LogP contribution in [0, 0.1) is 0 Å². The maximum atomic E-state index is 12.2. The van der Waals surface area contributed by atoms with Crippen molar-refractivity contribution in [3.8, 4) is 17.1 Å². The number of fused-ring (bicyclic) bond motifs is 3. The summed E-state index contributed by atoms with van der Waals surface area (Å²) in [5, 5.41) is 8.47. The fourth-order valence-corrected chi connectivity index (χ4v) is 3.09. The van der Waals surface area contributed by atoms with Crippen molar-refractivity contribution >= 4 is 28.2 Å². The van der Waals surface area contributed by atoms with Gasteiger partial charge in [0.2, 0.25) is 5.95 Å². The van der Waals surface area contributed by atoms with Crippen LogP contribution in [0.3, 0.4) is 0 Å². The van der Waals surface area contributed by atoms with E-state index in [0.717, 1.165) is 22.2 Å². The average molecular weight is 397 g/mol. The summed E-state index contributed by atoms with van der Waals surface area (Å²) in [4.78, 5) is 29.4. The molecule has 9 heteroatoms. The molecule has 0 saturated heterocycles. The summed E-state index contributed by atoms with van der Waals surface area (Å²) in [6.07, 6.45) is 4.18. The van der Waals surface area contributed by atoms with Gasteiger partial charge in [-0.2, -0.15) is 4.52 Å². The molecule has 5 aromatic rings. The Labute approximate surface area is 170 Å². The van der Waals surface area contributed by atoms with Crippen molar-refractivity contribution < 1.29 is 4.74 Å². The van der Waals surface area contributed by atoms with Gasteiger partial charge in [0.15, 0.2) is 11.5 Å². The highest BCUT2D eigenvalue weighted by molar-refractivity contribution is 5.93. The lowest BCUT2D eigenvalue weighted by molar-refractivity contribution is 0.415. The summed E-state index contributed by atoms with van der Waals surface area (Å²) in [5.74, 6) is 1.61. The standard InChI is InChI=1S/C21H15N7O2/c1-30-14-8-6-13(7-9-14)18-26-19-15-4-2-3-5-16(15)24-21(28(19)27-18)25-17-12-22-10-11-23-20(17)29/h2-12H,1H3,(H,23,24,25,29). The zero-order valence-corrected chi connectivity index (χ0v) is 15.9. The Morgan fingerprint density at radius 3 is 2.67 bits per heavy atom. The van der Waals surface area contributed by atoms with Crippen molar-refractivity contribution in [2.75, 3.05) is 12.4 Å². The lowest BCUT2D eigenvalue weighted by atomic mass is 10.2. The van der Waals surface area contributed by atoms with Gasteiger partial charge in [-0.1, -0.05) is 12.1 Å². The van der Waals surface area contributed by atoms with Gasteiger partial charge in [-0.25, -0.2) is 15.0 Å². The first-order valence-electron chi connectivity index (χ1n) is 9.10. The molecule has 0 saturated carbocycles. The van der Waals surface area contributed by atoms with E-state index in [1.54, 1.807) is 11.6 Å². The Bertz CT molecular complexity index is 1430. The molecule has 3 aromatic heterocycles. The van der Waals surface area contributed by atoms with Crippen molar-refractivity contribution in [1.82, 2.24) is 29.5 Å². The number of anilines is 2. The number of hydrogen-bond donors (Lipinski definition) is 1. The maximum absolute atomic E-state index is 12.2. The molecular weight excluding hydrogens is 382 g/mol. The number of aromatic nitrogens is 6. The molecule has 0 atom stereocenters. The summed E-state index contributed by atoms with van der Waals surface area (Å²) in [7, 11) is 1.62. The minimum atomic E-state index is -0.453. The molecule has 0 amide bonds. The highest BCUT2D eigenvalue weighted by Crippen LogP contribution is 2.26. The van der Waals surface area contributed by atoms with Crippen LogP contribution >= 0.6 is 0 Å². The minimum absolute atomic E-state index is 0.186. The molecular formula is C21H15N7O2. The topological polar surface area (TPSA) is 107 Å². The lowest BCUT2D eigenvalue weighted by Crippen LogP contribution is -2.11. The van der Waals surface area contributed by atoms with Crippen LogP contribution in [0.1, 0.15) is 0 Å². The van der Waals surface area contributed by atoms with E-state index in [9.17, 15) is 4.79 Å². The molecule has 9 nitrogen and oxygen atoms in total. The van der Waals surface area contributed by atoms with Gasteiger partial charge in [0.05, 0.1) is 18.8 Å². The minimum Gasteiger partial charge on any atom is -0.497 e. The van der Waals surface area contributed by atoms with E-state index >= 15 is 0 Å². The molecule has 0 aliphatic carbocycles. The summed E-state index contributed by atoms with van der Waals surface area (Å²) in [6, 6.07) is 15.1. The van der Waals surface area contributed by atoms with Crippen molar-refractivity contribution in [2.45, 2.75) is 0 Å². The normalized spacial score (nSPS) is 11.0. The number of hydrogen-bond acceptors (Lipinski definition) is 8. The van der Waals surface area contributed by atoms with E-state index in [1.165, 1.54) is 18.6 Å². The molecule has 30 heavy (non-hydrogen) atoms. The van der Waals surface area contributed by atoms with Gasteiger partial charge in [0.1, 0.15) is 11.4 Å². The van der Waals surface area contributed by atoms with E-state index in [-0.39, 0.29) is 5.69 Å². The van der Waals surface area contributed by atoms with E-state index < -0.39 is 5.56 Å². The number of para-hydroxylation sites is 1. The van der Waals surface area contributed by atoms with Gasteiger partial charge in [0, 0.05) is 23.3 Å². The van der Waals surface area contributed by atoms with E-state index in [4.69, 9.17) is 9.72 Å². The van der Waals surface area contributed by atoms with Gasteiger partial charge >= 0.3 is 0 Å². The van der Waals surface area contributed by atoms with E-state index in [2.05, 4.69) is 25.4 Å². The molecule has 5 rings (SSSR count). The Kier molecular flexibility index (Phi) is 4.25. The second kappa shape index (κ2) is 7.21. The molecule has 0 bridgehead atoms. The van der Waals surface area contributed by atoms with Crippen LogP contribution in [0.15, 0.2) is 71.9 Å². The van der Waals surface area contributed by atoms with Crippen molar-refractivity contribution in [3.63, 3.8) is 0 Å². The molecule has 0 spiro atoms. The van der Waals surface area contributed by atoms with Crippen LogP contribution in [0.2, 0.25) is 0 Å². The molecule has 0 aliphatic heterocycles. The monoisotopic (exact) mass is 397 g/mol.